The number of rotatable bonds is 6. The highest BCUT2D eigenvalue weighted by Gasteiger charge is 2.18. The molecule has 0 fully saturated rings. The van der Waals surface area contributed by atoms with Gasteiger partial charge < -0.3 is 15.3 Å². The summed E-state index contributed by atoms with van der Waals surface area (Å²) in [5.74, 6) is -0.485. The topological polar surface area (TPSA) is 52.6 Å². The number of aliphatic hydroxyl groups excluding tert-OH is 1. The standard InChI is InChI=1S/C20H23FN2O2/c1-23-11-10-15-12-16(6-8-18(15)23)19(24)13-22-20(25)9-7-14-4-2-3-5-17(14)21/h2-6,8,12,19,24H,7,9-11,13H2,1H3,(H,22,25). The SMILES string of the molecule is CN1CCc2cc(C(O)CNC(=O)CCc3ccccc3F)ccc21. The van der Waals surface area contributed by atoms with Gasteiger partial charge in [0.2, 0.25) is 5.91 Å². The molecule has 1 atom stereocenters. The maximum atomic E-state index is 13.5. The molecule has 1 amide bonds. The molecule has 25 heavy (non-hydrogen) atoms. The van der Waals surface area contributed by atoms with E-state index in [4.69, 9.17) is 0 Å². The molecule has 2 aromatic rings. The van der Waals surface area contributed by atoms with Crippen molar-refractivity contribution in [3.63, 3.8) is 0 Å². The highest BCUT2D eigenvalue weighted by Crippen LogP contribution is 2.29. The molecule has 5 heteroatoms. The third-order valence-corrected chi connectivity index (χ3v) is 4.69. The van der Waals surface area contributed by atoms with Crippen molar-refractivity contribution >= 4 is 11.6 Å². The van der Waals surface area contributed by atoms with Gasteiger partial charge in [0.25, 0.3) is 0 Å². The van der Waals surface area contributed by atoms with Crippen LogP contribution < -0.4 is 10.2 Å². The summed E-state index contributed by atoms with van der Waals surface area (Å²) in [6.07, 6.45) is 0.776. The number of likely N-dealkylation sites (N-methyl/N-ethyl adjacent to an activating group) is 1. The number of aryl methyl sites for hydroxylation is 1. The molecule has 1 aliphatic heterocycles. The average molecular weight is 342 g/mol. The summed E-state index contributed by atoms with van der Waals surface area (Å²) in [6.45, 7) is 1.15. The zero-order valence-electron chi connectivity index (χ0n) is 14.3. The molecule has 0 aromatic heterocycles. The van der Waals surface area contributed by atoms with Crippen molar-refractivity contribution in [2.75, 3.05) is 25.0 Å². The van der Waals surface area contributed by atoms with Gasteiger partial charge in [-0.1, -0.05) is 30.3 Å². The van der Waals surface area contributed by atoms with E-state index in [1.807, 2.05) is 18.2 Å². The maximum absolute atomic E-state index is 13.5. The van der Waals surface area contributed by atoms with E-state index in [1.54, 1.807) is 18.2 Å². The minimum atomic E-state index is -0.742. The van der Waals surface area contributed by atoms with Gasteiger partial charge in [-0.2, -0.15) is 0 Å². The number of nitrogens with one attached hydrogen (secondary N) is 1. The number of carbonyl (C=O) groups is 1. The van der Waals surface area contributed by atoms with Gasteiger partial charge in [-0.25, -0.2) is 4.39 Å². The Morgan fingerprint density at radius 2 is 2.12 bits per heavy atom. The molecule has 0 radical (unpaired) electrons. The second kappa shape index (κ2) is 7.66. The molecule has 0 bridgehead atoms. The average Bonchev–Trinajstić information content (AvgIpc) is 2.99. The van der Waals surface area contributed by atoms with E-state index < -0.39 is 6.10 Å². The molecule has 1 aliphatic rings. The van der Waals surface area contributed by atoms with Crippen molar-refractivity contribution in [1.29, 1.82) is 0 Å². The fraction of sp³-hybridized carbons (Fsp3) is 0.350. The molecular formula is C20H23FN2O2. The Morgan fingerprint density at radius 3 is 2.92 bits per heavy atom. The lowest BCUT2D eigenvalue weighted by molar-refractivity contribution is -0.121. The van der Waals surface area contributed by atoms with E-state index in [0.717, 1.165) is 18.5 Å². The number of hydrogen-bond acceptors (Lipinski definition) is 3. The Hall–Kier alpha value is -2.40. The number of hydrogen-bond donors (Lipinski definition) is 2. The second-order valence-electron chi connectivity index (χ2n) is 6.47. The van der Waals surface area contributed by atoms with Crippen molar-refractivity contribution in [2.45, 2.75) is 25.4 Å². The molecule has 0 saturated carbocycles. The summed E-state index contributed by atoms with van der Waals surface area (Å²) < 4.78 is 13.5. The molecule has 0 aliphatic carbocycles. The first kappa shape index (κ1) is 17.4. The molecule has 3 rings (SSSR count). The molecule has 0 spiro atoms. The summed E-state index contributed by atoms with van der Waals surface area (Å²) in [5.41, 5.74) is 3.76. The molecule has 2 N–H and O–H groups in total. The number of anilines is 1. The molecule has 1 heterocycles. The van der Waals surface area contributed by atoms with Gasteiger partial charge in [0, 0.05) is 32.2 Å². The van der Waals surface area contributed by atoms with Crippen LogP contribution in [0.5, 0.6) is 0 Å². The van der Waals surface area contributed by atoms with Crippen LogP contribution in [0.1, 0.15) is 29.2 Å². The van der Waals surface area contributed by atoms with E-state index in [1.165, 1.54) is 17.3 Å². The van der Waals surface area contributed by atoms with Crippen molar-refractivity contribution in [2.24, 2.45) is 0 Å². The number of nitrogens with zero attached hydrogens (tertiary/aromatic N) is 1. The van der Waals surface area contributed by atoms with E-state index in [2.05, 4.69) is 17.3 Å². The molecule has 2 aromatic carbocycles. The minimum absolute atomic E-state index is 0.157. The fourth-order valence-electron chi connectivity index (χ4n) is 3.16. The van der Waals surface area contributed by atoms with Crippen molar-refractivity contribution in [3.8, 4) is 0 Å². The van der Waals surface area contributed by atoms with Gasteiger partial charge in [-0.3, -0.25) is 4.79 Å². The molecule has 132 valence electrons. The van der Waals surface area contributed by atoms with Gasteiger partial charge in [-0.15, -0.1) is 0 Å². The Kier molecular flexibility index (Phi) is 5.34. The number of halogens is 1. The first-order valence-electron chi connectivity index (χ1n) is 8.56. The molecular weight excluding hydrogens is 319 g/mol. The smallest absolute Gasteiger partial charge is 0.220 e. The lowest BCUT2D eigenvalue weighted by Gasteiger charge is -2.15. The van der Waals surface area contributed by atoms with Crippen molar-refractivity contribution in [3.05, 3.63) is 65.0 Å². The van der Waals surface area contributed by atoms with Gasteiger partial charge in [-0.05, 0) is 41.7 Å². The van der Waals surface area contributed by atoms with Crippen LogP contribution in [0.3, 0.4) is 0 Å². The van der Waals surface area contributed by atoms with Crippen LogP contribution in [0.4, 0.5) is 10.1 Å². The van der Waals surface area contributed by atoms with Crippen LogP contribution in [0, 0.1) is 5.82 Å². The third kappa shape index (κ3) is 4.17. The number of carbonyl (C=O) groups excluding carboxylic acids is 1. The van der Waals surface area contributed by atoms with Gasteiger partial charge in [0.05, 0.1) is 6.10 Å². The van der Waals surface area contributed by atoms with Crippen LogP contribution in [0.2, 0.25) is 0 Å². The number of amides is 1. The number of fused-ring (bicyclic) bond motifs is 1. The molecule has 4 nitrogen and oxygen atoms in total. The third-order valence-electron chi connectivity index (χ3n) is 4.69. The minimum Gasteiger partial charge on any atom is -0.387 e. The summed E-state index contributed by atoms with van der Waals surface area (Å²) in [5, 5.41) is 13.0. The Bertz CT molecular complexity index is 763. The highest BCUT2D eigenvalue weighted by atomic mass is 19.1. The van der Waals surface area contributed by atoms with Gasteiger partial charge >= 0.3 is 0 Å². The monoisotopic (exact) mass is 342 g/mol. The summed E-state index contributed by atoms with van der Waals surface area (Å²) in [4.78, 5) is 14.1. The lowest BCUT2D eigenvalue weighted by atomic mass is 10.0. The van der Waals surface area contributed by atoms with E-state index in [-0.39, 0.29) is 24.7 Å². The van der Waals surface area contributed by atoms with Crippen LogP contribution in [-0.2, 0) is 17.6 Å². The summed E-state index contributed by atoms with van der Waals surface area (Å²) in [7, 11) is 2.05. The van der Waals surface area contributed by atoms with Gasteiger partial charge in [0.1, 0.15) is 5.82 Å². The normalized spacial score (nSPS) is 14.3. The highest BCUT2D eigenvalue weighted by molar-refractivity contribution is 5.76. The van der Waals surface area contributed by atoms with Crippen LogP contribution in [0.15, 0.2) is 42.5 Å². The maximum Gasteiger partial charge on any atom is 0.220 e. The van der Waals surface area contributed by atoms with E-state index in [9.17, 15) is 14.3 Å². The quantitative estimate of drug-likeness (QED) is 0.848. The van der Waals surface area contributed by atoms with E-state index in [0.29, 0.717) is 12.0 Å². The van der Waals surface area contributed by atoms with Crippen LogP contribution in [-0.4, -0.2) is 31.2 Å². The van der Waals surface area contributed by atoms with Gasteiger partial charge in [0.15, 0.2) is 0 Å². The zero-order valence-corrected chi connectivity index (χ0v) is 14.3. The fourth-order valence-corrected chi connectivity index (χ4v) is 3.16. The van der Waals surface area contributed by atoms with Crippen molar-refractivity contribution < 1.29 is 14.3 Å². The number of benzene rings is 2. The Labute approximate surface area is 147 Å². The summed E-state index contributed by atoms with van der Waals surface area (Å²) >= 11 is 0. The molecule has 1 unspecified atom stereocenters. The van der Waals surface area contributed by atoms with Crippen LogP contribution >= 0.6 is 0 Å². The predicted molar refractivity (Wildman–Crippen MR) is 96.1 cm³/mol. The zero-order chi connectivity index (χ0) is 17.8. The number of aliphatic hydroxyl groups is 1. The molecule has 0 saturated heterocycles. The first-order valence-corrected chi connectivity index (χ1v) is 8.56. The largest absolute Gasteiger partial charge is 0.387 e. The lowest BCUT2D eigenvalue weighted by Crippen LogP contribution is -2.28. The Balaban J connectivity index is 1.49. The predicted octanol–water partition coefficient (Wildman–Crippen LogP) is 2.60. The Morgan fingerprint density at radius 1 is 1.32 bits per heavy atom. The van der Waals surface area contributed by atoms with Crippen molar-refractivity contribution in [1.82, 2.24) is 5.32 Å². The van der Waals surface area contributed by atoms with Crippen LogP contribution in [0.25, 0.3) is 0 Å². The summed E-state index contributed by atoms with van der Waals surface area (Å²) in [6, 6.07) is 12.4. The first-order chi connectivity index (χ1) is 12.0. The van der Waals surface area contributed by atoms with E-state index >= 15 is 0 Å². The second-order valence-corrected chi connectivity index (χ2v) is 6.47.